The minimum Gasteiger partial charge on any atom is -0.345 e. The molecule has 0 aromatic heterocycles. The topological polar surface area (TPSA) is 58.2 Å². The first-order valence-corrected chi connectivity index (χ1v) is 5.12. The van der Waals surface area contributed by atoms with Crippen molar-refractivity contribution in [2.24, 2.45) is 0 Å². The van der Waals surface area contributed by atoms with Crippen LogP contribution < -0.4 is 10.6 Å². The molecule has 0 aliphatic heterocycles. The van der Waals surface area contributed by atoms with Crippen molar-refractivity contribution in [2.75, 3.05) is 0 Å². The number of carbonyl (C=O) groups is 2. The Balaban J connectivity index is 3.94. The van der Waals surface area contributed by atoms with Gasteiger partial charge in [0.1, 0.15) is 0 Å². The summed E-state index contributed by atoms with van der Waals surface area (Å²) in [5.74, 6) is -1.08. The van der Waals surface area contributed by atoms with Crippen molar-refractivity contribution in [3.63, 3.8) is 0 Å². The van der Waals surface area contributed by atoms with Crippen LogP contribution in [0.4, 0.5) is 0 Å². The normalized spacial score (nSPS) is 14.3. The van der Waals surface area contributed by atoms with E-state index < -0.39 is 11.8 Å². The molecule has 2 amide bonds. The van der Waals surface area contributed by atoms with Gasteiger partial charge in [-0.2, -0.15) is 0 Å². The van der Waals surface area contributed by atoms with E-state index in [1.807, 2.05) is 27.7 Å². The average Bonchev–Trinajstić information content (AvgIpc) is 2.17. The second kappa shape index (κ2) is 6.40. The van der Waals surface area contributed by atoms with Gasteiger partial charge in [-0.25, -0.2) is 0 Å². The van der Waals surface area contributed by atoms with Gasteiger partial charge >= 0.3 is 11.8 Å². The summed E-state index contributed by atoms with van der Waals surface area (Å²) in [5, 5.41) is 5.22. The van der Waals surface area contributed by atoms with Crippen molar-refractivity contribution < 1.29 is 9.59 Å². The number of hydrogen-bond donors (Lipinski definition) is 2. The third kappa shape index (κ3) is 4.84. The Kier molecular flexibility index (Phi) is 5.92. The van der Waals surface area contributed by atoms with Crippen LogP contribution in [0.1, 0.15) is 40.5 Å². The summed E-state index contributed by atoms with van der Waals surface area (Å²) in [6.07, 6.45) is 1.64. The SMILES string of the molecule is CCC(C)NC(=O)C(=O)NC(C)CC. The van der Waals surface area contributed by atoms with E-state index in [0.717, 1.165) is 12.8 Å². The first-order valence-electron chi connectivity index (χ1n) is 5.12. The Morgan fingerprint density at radius 2 is 1.21 bits per heavy atom. The maximum atomic E-state index is 11.2. The molecule has 0 aliphatic carbocycles. The van der Waals surface area contributed by atoms with Gasteiger partial charge in [-0.3, -0.25) is 9.59 Å². The molecule has 0 spiro atoms. The van der Waals surface area contributed by atoms with E-state index in [-0.39, 0.29) is 12.1 Å². The highest BCUT2D eigenvalue weighted by atomic mass is 16.2. The van der Waals surface area contributed by atoms with Crippen molar-refractivity contribution in [2.45, 2.75) is 52.6 Å². The lowest BCUT2D eigenvalue weighted by molar-refractivity contribution is -0.140. The zero-order chi connectivity index (χ0) is 11.1. The Morgan fingerprint density at radius 1 is 0.929 bits per heavy atom. The highest BCUT2D eigenvalue weighted by Gasteiger charge is 2.16. The molecule has 0 rings (SSSR count). The standard InChI is InChI=1S/C10H20N2O2/c1-5-7(3)11-9(13)10(14)12-8(4)6-2/h7-8H,5-6H2,1-4H3,(H,11,13)(H,12,14). The predicted molar refractivity (Wildman–Crippen MR) is 55.8 cm³/mol. The van der Waals surface area contributed by atoms with Gasteiger partial charge in [0.2, 0.25) is 0 Å². The quantitative estimate of drug-likeness (QED) is 0.660. The van der Waals surface area contributed by atoms with Crippen molar-refractivity contribution >= 4 is 11.8 Å². The van der Waals surface area contributed by atoms with E-state index in [0.29, 0.717) is 0 Å². The van der Waals surface area contributed by atoms with Gasteiger partial charge in [0, 0.05) is 12.1 Å². The average molecular weight is 200 g/mol. The third-order valence-corrected chi connectivity index (χ3v) is 2.19. The third-order valence-electron chi connectivity index (χ3n) is 2.19. The number of hydrogen-bond acceptors (Lipinski definition) is 2. The maximum absolute atomic E-state index is 11.2. The molecule has 4 heteroatoms. The van der Waals surface area contributed by atoms with E-state index in [1.54, 1.807) is 0 Å². The Hall–Kier alpha value is -1.06. The first-order chi connectivity index (χ1) is 6.51. The second-order valence-electron chi connectivity index (χ2n) is 3.57. The fourth-order valence-corrected chi connectivity index (χ4v) is 0.783. The van der Waals surface area contributed by atoms with Crippen LogP contribution in [0, 0.1) is 0 Å². The van der Waals surface area contributed by atoms with Crippen LogP contribution in [0.3, 0.4) is 0 Å². The lowest BCUT2D eigenvalue weighted by atomic mass is 10.2. The predicted octanol–water partition coefficient (Wildman–Crippen LogP) is 0.816. The molecule has 0 aromatic carbocycles. The maximum Gasteiger partial charge on any atom is 0.309 e. The molecule has 82 valence electrons. The van der Waals surface area contributed by atoms with Crippen LogP contribution in [-0.2, 0) is 9.59 Å². The number of rotatable bonds is 4. The summed E-state index contributed by atoms with van der Waals surface area (Å²) in [5.41, 5.74) is 0. The zero-order valence-corrected chi connectivity index (χ0v) is 9.39. The first kappa shape index (κ1) is 12.9. The van der Waals surface area contributed by atoms with Crippen molar-refractivity contribution in [1.29, 1.82) is 0 Å². The molecule has 0 radical (unpaired) electrons. The fraction of sp³-hybridized carbons (Fsp3) is 0.800. The molecule has 0 saturated carbocycles. The van der Waals surface area contributed by atoms with Crippen LogP contribution in [0.15, 0.2) is 0 Å². The lowest BCUT2D eigenvalue weighted by Gasteiger charge is -2.13. The van der Waals surface area contributed by atoms with E-state index >= 15 is 0 Å². The van der Waals surface area contributed by atoms with E-state index in [1.165, 1.54) is 0 Å². The molecule has 0 aliphatic rings. The van der Waals surface area contributed by atoms with Crippen LogP contribution >= 0.6 is 0 Å². The molecule has 2 N–H and O–H groups in total. The summed E-state index contributed by atoms with van der Waals surface area (Å²) >= 11 is 0. The number of amides is 2. The molecule has 0 saturated heterocycles. The highest BCUT2D eigenvalue weighted by Crippen LogP contribution is 1.90. The molecule has 4 nitrogen and oxygen atoms in total. The number of carbonyl (C=O) groups excluding carboxylic acids is 2. The van der Waals surface area contributed by atoms with Gasteiger partial charge < -0.3 is 10.6 Å². The van der Waals surface area contributed by atoms with Crippen LogP contribution in [0.2, 0.25) is 0 Å². The lowest BCUT2D eigenvalue weighted by Crippen LogP contribution is -2.46. The second-order valence-corrected chi connectivity index (χ2v) is 3.57. The number of nitrogens with one attached hydrogen (secondary N) is 2. The summed E-state index contributed by atoms with van der Waals surface area (Å²) in [6.45, 7) is 7.65. The monoisotopic (exact) mass is 200 g/mol. The van der Waals surface area contributed by atoms with Gasteiger partial charge in [-0.15, -0.1) is 0 Å². The Labute approximate surface area is 85.4 Å². The van der Waals surface area contributed by atoms with Gasteiger partial charge in [0.05, 0.1) is 0 Å². The molecule has 14 heavy (non-hydrogen) atoms. The molecule has 2 unspecified atom stereocenters. The minimum absolute atomic E-state index is 0.0465. The van der Waals surface area contributed by atoms with Crippen molar-refractivity contribution in [3.05, 3.63) is 0 Å². The van der Waals surface area contributed by atoms with Crippen molar-refractivity contribution in [3.8, 4) is 0 Å². The fourth-order valence-electron chi connectivity index (χ4n) is 0.783. The summed E-state index contributed by atoms with van der Waals surface area (Å²) in [7, 11) is 0. The molecule has 0 bridgehead atoms. The van der Waals surface area contributed by atoms with Gasteiger partial charge in [0.15, 0.2) is 0 Å². The minimum atomic E-state index is -0.542. The molecule has 0 aromatic rings. The molecular formula is C10H20N2O2. The Morgan fingerprint density at radius 3 is 1.43 bits per heavy atom. The molecular weight excluding hydrogens is 180 g/mol. The van der Waals surface area contributed by atoms with E-state index in [4.69, 9.17) is 0 Å². The molecule has 2 atom stereocenters. The van der Waals surface area contributed by atoms with Crippen LogP contribution in [0.25, 0.3) is 0 Å². The molecule has 0 fully saturated rings. The highest BCUT2D eigenvalue weighted by molar-refractivity contribution is 6.35. The van der Waals surface area contributed by atoms with Gasteiger partial charge in [0.25, 0.3) is 0 Å². The Bertz CT molecular complexity index is 182. The van der Waals surface area contributed by atoms with Gasteiger partial charge in [-0.1, -0.05) is 13.8 Å². The van der Waals surface area contributed by atoms with E-state index in [2.05, 4.69) is 10.6 Å². The van der Waals surface area contributed by atoms with E-state index in [9.17, 15) is 9.59 Å². The summed E-state index contributed by atoms with van der Waals surface area (Å²) < 4.78 is 0. The van der Waals surface area contributed by atoms with Gasteiger partial charge in [-0.05, 0) is 26.7 Å². The van der Waals surface area contributed by atoms with Crippen LogP contribution in [0.5, 0.6) is 0 Å². The zero-order valence-electron chi connectivity index (χ0n) is 9.39. The summed E-state index contributed by atoms with van der Waals surface area (Å²) in [6, 6.07) is 0.0929. The summed E-state index contributed by atoms with van der Waals surface area (Å²) in [4.78, 5) is 22.5. The molecule has 0 heterocycles. The van der Waals surface area contributed by atoms with Crippen LogP contribution in [-0.4, -0.2) is 23.9 Å². The smallest absolute Gasteiger partial charge is 0.309 e. The largest absolute Gasteiger partial charge is 0.345 e. The van der Waals surface area contributed by atoms with Crippen molar-refractivity contribution in [1.82, 2.24) is 10.6 Å².